The summed E-state index contributed by atoms with van der Waals surface area (Å²) < 4.78 is 0. The van der Waals surface area contributed by atoms with Crippen LogP contribution < -0.4 is 11.5 Å². The lowest BCUT2D eigenvalue weighted by Gasteiger charge is -2.08. The van der Waals surface area contributed by atoms with Gasteiger partial charge in [-0.2, -0.15) is 12.6 Å². The lowest BCUT2D eigenvalue weighted by molar-refractivity contribution is 1.04. The van der Waals surface area contributed by atoms with Crippen LogP contribution in [-0.2, 0) is 12.3 Å². The minimum atomic E-state index is 0.539. The topological polar surface area (TPSA) is 52.0 Å². The van der Waals surface area contributed by atoms with E-state index in [0.29, 0.717) is 12.3 Å². The Balaban J connectivity index is 3.19. The number of anilines is 1. The number of thiol groups is 1. The van der Waals surface area contributed by atoms with Crippen molar-refractivity contribution in [1.82, 2.24) is 0 Å². The molecule has 0 spiro atoms. The molecule has 1 rings (SSSR count). The highest BCUT2D eigenvalue weighted by atomic mass is 32.1. The lowest BCUT2D eigenvalue weighted by atomic mass is 10.0. The van der Waals surface area contributed by atoms with Crippen LogP contribution in [0.1, 0.15) is 16.7 Å². The zero-order valence-electron chi connectivity index (χ0n) is 7.17. The van der Waals surface area contributed by atoms with Gasteiger partial charge in [-0.3, -0.25) is 0 Å². The summed E-state index contributed by atoms with van der Waals surface area (Å²) in [5, 5.41) is 0. The van der Waals surface area contributed by atoms with Crippen molar-refractivity contribution < 1.29 is 0 Å². The summed E-state index contributed by atoms with van der Waals surface area (Å²) in [6.07, 6.45) is 0. The third-order valence-corrected chi connectivity index (χ3v) is 2.38. The Morgan fingerprint density at radius 1 is 1.42 bits per heavy atom. The summed E-state index contributed by atoms with van der Waals surface area (Å²) in [5.41, 5.74) is 15.5. The predicted molar refractivity (Wildman–Crippen MR) is 56.2 cm³/mol. The first-order chi connectivity index (χ1) is 5.69. The first-order valence-electron chi connectivity index (χ1n) is 3.87. The van der Waals surface area contributed by atoms with E-state index in [1.807, 2.05) is 13.0 Å². The van der Waals surface area contributed by atoms with Gasteiger partial charge in [-0.1, -0.05) is 6.07 Å². The summed E-state index contributed by atoms with van der Waals surface area (Å²) in [6.45, 7) is 2.53. The second kappa shape index (κ2) is 3.83. The molecule has 0 saturated heterocycles. The van der Waals surface area contributed by atoms with Crippen molar-refractivity contribution in [3.05, 3.63) is 28.8 Å². The highest BCUT2D eigenvalue weighted by Crippen LogP contribution is 2.19. The van der Waals surface area contributed by atoms with Crippen molar-refractivity contribution in [2.45, 2.75) is 19.2 Å². The molecule has 0 bridgehead atoms. The van der Waals surface area contributed by atoms with Gasteiger partial charge in [0.1, 0.15) is 0 Å². The Morgan fingerprint density at radius 3 is 2.58 bits per heavy atom. The molecule has 0 aliphatic heterocycles. The molecule has 0 aliphatic carbocycles. The van der Waals surface area contributed by atoms with Crippen LogP contribution in [0.5, 0.6) is 0 Å². The van der Waals surface area contributed by atoms with Crippen LogP contribution in [0.2, 0.25) is 0 Å². The molecular weight excluding hydrogens is 168 g/mol. The van der Waals surface area contributed by atoms with Gasteiger partial charge in [-0.05, 0) is 29.7 Å². The van der Waals surface area contributed by atoms with Gasteiger partial charge in [-0.15, -0.1) is 0 Å². The highest BCUT2D eigenvalue weighted by Gasteiger charge is 2.02. The monoisotopic (exact) mass is 182 g/mol. The van der Waals surface area contributed by atoms with Gasteiger partial charge < -0.3 is 11.5 Å². The van der Waals surface area contributed by atoms with E-state index in [1.165, 1.54) is 0 Å². The maximum atomic E-state index is 5.78. The Labute approximate surface area is 78.4 Å². The van der Waals surface area contributed by atoms with Gasteiger partial charge in [0, 0.05) is 18.0 Å². The van der Waals surface area contributed by atoms with E-state index in [2.05, 4.69) is 18.7 Å². The molecule has 0 atom stereocenters. The first kappa shape index (κ1) is 9.42. The van der Waals surface area contributed by atoms with Crippen molar-refractivity contribution in [3.63, 3.8) is 0 Å². The number of nitrogen functional groups attached to an aromatic ring is 1. The summed E-state index contributed by atoms with van der Waals surface area (Å²) >= 11 is 4.18. The Hall–Kier alpha value is -0.670. The molecule has 0 heterocycles. The average molecular weight is 182 g/mol. The van der Waals surface area contributed by atoms with Gasteiger partial charge in [0.05, 0.1) is 0 Å². The number of rotatable bonds is 2. The molecule has 0 amide bonds. The van der Waals surface area contributed by atoms with Crippen LogP contribution in [0.15, 0.2) is 12.1 Å². The van der Waals surface area contributed by atoms with Crippen LogP contribution in [0, 0.1) is 6.92 Å². The smallest absolute Gasteiger partial charge is 0.0350 e. The van der Waals surface area contributed by atoms with Crippen molar-refractivity contribution in [2.75, 3.05) is 5.73 Å². The average Bonchev–Trinajstić information content (AvgIpc) is 2.09. The number of benzene rings is 1. The molecule has 3 heteroatoms. The molecule has 12 heavy (non-hydrogen) atoms. The fraction of sp³-hybridized carbons (Fsp3) is 0.333. The van der Waals surface area contributed by atoms with E-state index in [1.54, 1.807) is 0 Å². The molecule has 0 saturated carbocycles. The lowest BCUT2D eigenvalue weighted by Crippen LogP contribution is -2.03. The van der Waals surface area contributed by atoms with E-state index in [0.717, 1.165) is 22.4 Å². The molecule has 1 aromatic carbocycles. The second-order valence-electron chi connectivity index (χ2n) is 2.83. The Kier molecular flexibility index (Phi) is 3.00. The standard InChI is InChI=1S/C9H14N2S/c1-6-8(4-10)2-7(5-12)3-9(6)11/h2-3,12H,4-5,10-11H2,1H3. The third kappa shape index (κ3) is 1.73. The van der Waals surface area contributed by atoms with Gasteiger partial charge >= 0.3 is 0 Å². The molecule has 0 aromatic heterocycles. The fourth-order valence-corrected chi connectivity index (χ4v) is 1.35. The minimum Gasteiger partial charge on any atom is -0.398 e. The Morgan fingerprint density at radius 2 is 2.08 bits per heavy atom. The van der Waals surface area contributed by atoms with Crippen LogP contribution in [0.3, 0.4) is 0 Å². The van der Waals surface area contributed by atoms with Gasteiger partial charge in [0.2, 0.25) is 0 Å². The molecule has 0 fully saturated rings. The quantitative estimate of drug-likeness (QED) is 0.479. The highest BCUT2D eigenvalue weighted by molar-refractivity contribution is 7.79. The number of hydrogen-bond acceptors (Lipinski definition) is 3. The summed E-state index contributed by atoms with van der Waals surface area (Å²) in [6, 6.07) is 4.00. The van der Waals surface area contributed by atoms with Crippen molar-refractivity contribution in [1.29, 1.82) is 0 Å². The molecule has 0 radical (unpaired) electrons. The van der Waals surface area contributed by atoms with Crippen LogP contribution in [0.4, 0.5) is 5.69 Å². The molecule has 2 nitrogen and oxygen atoms in total. The second-order valence-corrected chi connectivity index (χ2v) is 3.15. The molecular formula is C9H14N2S. The SMILES string of the molecule is Cc1c(N)cc(CS)cc1CN. The molecule has 0 aliphatic rings. The normalized spacial score (nSPS) is 10.2. The van der Waals surface area contributed by atoms with Crippen molar-refractivity contribution in [2.24, 2.45) is 5.73 Å². The number of nitrogens with two attached hydrogens (primary N) is 2. The molecule has 4 N–H and O–H groups in total. The van der Waals surface area contributed by atoms with Gasteiger partial charge in [0.25, 0.3) is 0 Å². The predicted octanol–water partition coefficient (Wildman–Crippen LogP) is 1.47. The van der Waals surface area contributed by atoms with Crippen LogP contribution in [0.25, 0.3) is 0 Å². The van der Waals surface area contributed by atoms with Crippen LogP contribution >= 0.6 is 12.6 Å². The van der Waals surface area contributed by atoms with Gasteiger partial charge in [0.15, 0.2) is 0 Å². The van der Waals surface area contributed by atoms with Crippen molar-refractivity contribution >= 4 is 18.3 Å². The fourth-order valence-electron chi connectivity index (χ4n) is 1.17. The summed E-state index contributed by atoms with van der Waals surface area (Å²) in [5.74, 6) is 0.706. The summed E-state index contributed by atoms with van der Waals surface area (Å²) in [4.78, 5) is 0. The first-order valence-corrected chi connectivity index (χ1v) is 4.51. The zero-order chi connectivity index (χ0) is 9.14. The van der Waals surface area contributed by atoms with E-state index >= 15 is 0 Å². The molecule has 0 unspecified atom stereocenters. The maximum absolute atomic E-state index is 5.78. The Bertz CT molecular complexity index is 284. The summed E-state index contributed by atoms with van der Waals surface area (Å²) in [7, 11) is 0. The van der Waals surface area contributed by atoms with Gasteiger partial charge in [-0.25, -0.2) is 0 Å². The van der Waals surface area contributed by atoms with E-state index < -0.39 is 0 Å². The molecule has 66 valence electrons. The van der Waals surface area contributed by atoms with E-state index in [4.69, 9.17) is 11.5 Å². The molecule has 1 aromatic rings. The van der Waals surface area contributed by atoms with E-state index in [-0.39, 0.29) is 0 Å². The van der Waals surface area contributed by atoms with E-state index in [9.17, 15) is 0 Å². The van der Waals surface area contributed by atoms with Crippen molar-refractivity contribution in [3.8, 4) is 0 Å². The van der Waals surface area contributed by atoms with Crippen LogP contribution in [-0.4, -0.2) is 0 Å². The zero-order valence-corrected chi connectivity index (χ0v) is 8.07. The largest absolute Gasteiger partial charge is 0.398 e. The maximum Gasteiger partial charge on any atom is 0.0350 e. The minimum absolute atomic E-state index is 0.539. The number of hydrogen-bond donors (Lipinski definition) is 3. The third-order valence-electron chi connectivity index (χ3n) is 2.02.